The summed E-state index contributed by atoms with van der Waals surface area (Å²) < 4.78 is 6.03. The normalized spacial score (nSPS) is 18.4. The Labute approximate surface area is 284 Å². The molecule has 0 spiro atoms. The van der Waals surface area contributed by atoms with Crippen molar-refractivity contribution in [1.82, 2.24) is 35.2 Å². The molecule has 1 saturated carbocycles. The number of hydrogen-bond acceptors (Lipinski definition) is 8. The zero-order valence-electron chi connectivity index (χ0n) is 28.3. The Morgan fingerprint density at radius 3 is 2.35 bits per heavy atom. The molecule has 0 radical (unpaired) electrons. The van der Waals surface area contributed by atoms with Crippen molar-refractivity contribution in [2.75, 3.05) is 53.4 Å². The van der Waals surface area contributed by atoms with Crippen molar-refractivity contribution >= 4 is 46.5 Å². The molecule has 1 aromatic carbocycles. The van der Waals surface area contributed by atoms with Gasteiger partial charge in [0, 0.05) is 70.7 Å². The smallest absolute Gasteiger partial charge is 0.407 e. The molecule has 3 fully saturated rings. The predicted octanol–water partition coefficient (Wildman–Crippen LogP) is 1.37. The van der Waals surface area contributed by atoms with E-state index < -0.39 is 30.0 Å². The summed E-state index contributed by atoms with van der Waals surface area (Å²) in [7, 11) is 3.20. The number of aromatic nitrogens is 1. The molecule has 2 aromatic rings. The Morgan fingerprint density at radius 2 is 1.69 bits per heavy atom. The van der Waals surface area contributed by atoms with Gasteiger partial charge in [0.25, 0.3) is 11.8 Å². The number of pyridine rings is 1. The second-order valence-corrected chi connectivity index (χ2v) is 13.1. The number of hydrogen-bond donors (Lipinski definition) is 3. The number of aryl methyl sites for hydroxylation is 1. The minimum absolute atomic E-state index is 0.00420. The lowest BCUT2D eigenvalue weighted by Gasteiger charge is -2.35. The number of nitrogens with zero attached hydrogens (tertiary/aromatic N) is 5. The van der Waals surface area contributed by atoms with Crippen LogP contribution in [0.5, 0.6) is 5.75 Å². The second-order valence-electron chi connectivity index (χ2n) is 13.1. The lowest BCUT2D eigenvalue weighted by Crippen LogP contribution is -2.55. The second kappa shape index (κ2) is 15.5. The van der Waals surface area contributed by atoms with E-state index in [-0.39, 0.29) is 80.8 Å². The molecule has 2 saturated heterocycles. The van der Waals surface area contributed by atoms with Crippen LogP contribution in [-0.4, -0.2) is 137 Å². The predicted molar refractivity (Wildman–Crippen MR) is 178 cm³/mol. The van der Waals surface area contributed by atoms with Crippen molar-refractivity contribution in [3.63, 3.8) is 0 Å². The number of carboxylic acid groups (broad SMARTS) is 1. The molecule has 49 heavy (non-hydrogen) atoms. The number of carbonyl (C=O) groups is 6. The van der Waals surface area contributed by atoms with Crippen LogP contribution in [-0.2, 0) is 19.2 Å². The van der Waals surface area contributed by atoms with Gasteiger partial charge in [-0.1, -0.05) is 6.07 Å². The van der Waals surface area contributed by atoms with Gasteiger partial charge in [-0.3, -0.25) is 24.0 Å². The highest BCUT2D eigenvalue weighted by Gasteiger charge is 2.36. The first-order valence-corrected chi connectivity index (χ1v) is 16.8. The lowest BCUT2D eigenvalue weighted by molar-refractivity contribution is -0.140. The lowest BCUT2D eigenvalue weighted by atomic mass is 9.93. The standard InChI is InChI=1S/C34H45N7O8/c1-21-9-10-23-25(18-21)36-26(19-28(23)49-20-30(43)41-13-5-8-27(41)32(45)35-22-6-4-7-22)31(44)37-24(11-12-29(42)38(2)3)33(46)39-14-16-40(17-15-39)34(47)48/h9-10,18-19,22,24,27H,4-8,11-17,20H2,1-3H3,(H,35,45)(H,37,44)(H,47,48)/t24-,27-/m0/s1. The number of rotatable bonds is 11. The van der Waals surface area contributed by atoms with Gasteiger partial charge >= 0.3 is 6.09 Å². The Bertz CT molecular complexity index is 1600. The third-order valence-corrected chi connectivity index (χ3v) is 9.45. The summed E-state index contributed by atoms with van der Waals surface area (Å²) in [6, 6.07) is 5.40. The summed E-state index contributed by atoms with van der Waals surface area (Å²) in [5.74, 6) is -1.55. The Balaban J connectivity index is 1.32. The first kappa shape index (κ1) is 35.4. The molecule has 3 N–H and O–H groups in total. The van der Waals surface area contributed by atoms with Crippen LogP contribution in [0.3, 0.4) is 0 Å². The Hall–Kier alpha value is -4.95. The zero-order chi connectivity index (χ0) is 35.2. The molecule has 6 amide bonds. The van der Waals surface area contributed by atoms with Crippen LogP contribution >= 0.6 is 0 Å². The van der Waals surface area contributed by atoms with Gasteiger partial charge in [-0.15, -0.1) is 0 Å². The van der Waals surface area contributed by atoms with E-state index in [1.165, 1.54) is 20.8 Å². The number of ether oxygens (including phenoxy) is 1. The highest BCUT2D eigenvalue weighted by molar-refractivity contribution is 5.99. The fourth-order valence-electron chi connectivity index (χ4n) is 6.27. The molecule has 5 rings (SSSR count). The Kier molecular flexibility index (Phi) is 11.2. The van der Waals surface area contributed by atoms with Gasteiger partial charge in [-0.05, 0) is 63.1 Å². The van der Waals surface area contributed by atoms with E-state index in [1.54, 1.807) is 31.1 Å². The van der Waals surface area contributed by atoms with Crippen LogP contribution in [0.25, 0.3) is 10.9 Å². The maximum Gasteiger partial charge on any atom is 0.407 e. The van der Waals surface area contributed by atoms with Crippen molar-refractivity contribution in [2.24, 2.45) is 0 Å². The minimum Gasteiger partial charge on any atom is -0.483 e. The fourth-order valence-corrected chi connectivity index (χ4v) is 6.27. The number of piperazine rings is 1. The van der Waals surface area contributed by atoms with Gasteiger partial charge in [-0.25, -0.2) is 9.78 Å². The van der Waals surface area contributed by atoms with E-state index in [1.807, 2.05) is 13.0 Å². The largest absolute Gasteiger partial charge is 0.483 e. The number of benzene rings is 1. The van der Waals surface area contributed by atoms with Crippen LogP contribution in [0.15, 0.2) is 24.3 Å². The number of fused-ring (bicyclic) bond motifs is 1. The molecule has 2 atom stereocenters. The minimum atomic E-state index is -1.08. The zero-order valence-corrected chi connectivity index (χ0v) is 28.3. The summed E-state index contributed by atoms with van der Waals surface area (Å²) in [5, 5.41) is 15.7. The van der Waals surface area contributed by atoms with Gasteiger partial charge in [0.2, 0.25) is 17.7 Å². The van der Waals surface area contributed by atoms with Crippen molar-refractivity contribution in [3.8, 4) is 5.75 Å². The van der Waals surface area contributed by atoms with E-state index in [2.05, 4.69) is 15.6 Å². The van der Waals surface area contributed by atoms with Crippen LogP contribution in [0.2, 0.25) is 0 Å². The van der Waals surface area contributed by atoms with Crippen molar-refractivity contribution in [3.05, 3.63) is 35.5 Å². The van der Waals surface area contributed by atoms with Gasteiger partial charge in [0.1, 0.15) is 23.5 Å². The molecule has 1 aliphatic carbocycles. The van der Waals surface area contributed by atoms with Gasteiger partial charge in [0.05, 0.1) is 5.52 Å². The summed E-state index contributed by atoms with van der Waals surface area (Å²) in [5.41, 5.74) is 1.28. The molecule has 2 aliphatic heterocycles. The third kappa shape index (κ3) is 8.56. The van der Waals surface area contributed by atoms with Crippen LogP contribution in [0, 0.1) is 6.92 Å². The van der Waals surface area contributed by atoms with Gasteiger partial charge in [0.15, 0.2) is 6.61 Å². The number of likely N-dealkylation sites (tertiary alicyclic amines) is 1. The summed E-state index contributed by atoms with van der Waals surface area (Å²) in [6.45, 7) is 2.54. The van der Waals surface area contributed by atoms with Gasteiger partial charge < -0.3 is 40.1 Å². The van der Waals surface area contributed by atoms with Crippen LogP contribution < -0.4 is 15.4 Å². The SMILES string of the molecule is Cc1ccc2c(OCC(=O)N3CCC[C@H]3C(=O)NC3CCC3)cc(C(=O)N[C@@H](CCC(=O)N(C)C)C(=O)N3CCN(C(=O)O)CC3)nc2c1. The molecule has 1 aromatic heterocycles. The quantitative estimate of drug-likeness (QED) is 0.316. The van der Waals surface area contributed by atoms with Gasteiger partial charge in [-0.2, -0.15) is 0 Å². The average molecular weight is 680 g/mol. The molecular weight excluding hydrogens is 634 g/mol. The number of amides is 6. The molecule has 0 unspecified atom stereocenters. The topological polar surface area (TPSA) is 182 Å². The summed E-state index contributed by atoms with van der Waals surface area (Å²) >= 11 is 0. The number of carbonyl (C=O) groups excluding carboxylic acids is 5. The fraction of sp³-hybridized carbons (Fsp3) is 0.559. The van der Waals surface area contributed by atoms with Crippen molar-refractivity contribution in [1.29, 1.82) is 0 Å². The van der Waals surface area contributed by atoms with Crippen molar-refractivity contribution in [2.45, 2.75) is 70.0 Å². The van der Waals surface area contributed by atoms with E-state index in [0.29, 0.717) is 30.3 Å². The van der Waals surface area contributed by atoms with Crippen molar-refractivity contribution < 1.29 is 38.6 Å². The third-order valence-electron chi connectivity index (χ3n) is 9.45. The van der Waals surface area contributed by atoms with E-state index in [0.717, 1.165) is 24.8 Å². The first-order valence-electron chi connectivity index (χ1n) is 16.8. The monoisotopic (exact) mass is 679 g/mol. The molecule has 15 heteroatoms. The molecule has 3 aliphatic rings. The maximum atomic E-state index is 13.7. The average Bonchev–Trinajstić information content (AvgIpc) is 3.56. The highest BCUT2D eigenvalue weighted by Crippen LogP contribution is 2.28. The Morgan fingerprint density at radius 1 is 0.980 bits per heavy atom. The van der Waals surface area contributed by atoms with Crippen LogP contribution in [0.1, 0.15) is 61.0 Å². The molecule has 3 heterocycles. The summed E-state index contributed by atoms with van der Waals surface area (Å²) in [4.78, 5) is 87.5. The van der Waals surface area contributed by atoms with Crippen LogP contribution in [0.4, 0.5) is 4.79 Å². The highest BCUT2D eigenvalue weighted by atomic mass is 16.5. The number of nitrogens with one attached hydrogen (secondary N) is 2. The first-order chi connectivity index (χ1) is 23.4. The molecular formula is C34H45N7O8. The van der Waals surface area contributed by atoms with E-state index >= 15 is 0 Å². The molecule has 264 valence electrons. The van der Waals surface area contributed by atoms with E-state index in [4.69, 9.17) is 4.74 Å². The molecule has 15 nitrogen and oxygen atoms in total. The maximum absolute atomic E-state index is 13.7. The van der Waals surface area contributed by atoms with E-state index in [9.17, 15) is 33.9 Å². The summed E-state index contributed by atoms with van der Waals surface area (Å²) in [6.07, 6.45) is 3.24. The molecule has 0 bridgehead atoms.